The summed E-state index contributed by atoms with van der Waals surface area (Å²) in [5, 5.41) is 0.0187. The molecule has 0 radical (unpaired) electrons. The summed E-state index contributed by atoms with van der Waals surface area (Å²) in [6, 6.07) is 8.31. The first kappa shape index (κ1) is 14.8. The maximum absolute atomic E-state index is 13.8. The van der Waals surface area contributed by atoms with Gasteiger partial charge < -0.3 is 10.5 Å². The van der Waals surface area contributed by atoms with Crippen LogP contribution in [0.2, 0.25) is 5.02 Å². The lowest BCUT2D eigenvalue weighted by Gasteiger charge is -2.13. The van der Waals surface area contributed by atoms with Crippen LogP contribution in [-0.4, -0.2) is 11.0 Å². The van der Waals surface area contributed by atoms with E-state index in [-0.39, 0.29) is 16.8 Å². The number of benzene rings is 1. The van der Waals surface area contributed by atoms with Gasteiger partial charge >= 0.3 is 0 Å². The van der Waals surface area contributed by atoms with Gasteiger partial charge in [-0.25, -0.2) is 9.37 Å². The van der Waals surface area contributed by atoms with Gasteiger partial charge in [-0.1, -0.05) is 30.7 Å². The number of halogens is 2. The minimum atomic E-state index is -0.592. The van der Waals surface area contributed by atoms with Crippen LogP contribution in [-0.2, 0) is 6.42 Å². The molecule has 0 aliphatic rings. The molecular formula is C15H16ClFN2O. The van der Waals surface area contributed by atoms with Crippen molar-refractivity contribution in [2.75, 3.05) is 0 Å². The van der Waals surface area contributed by atoms with Crippen molar-refractivity contribution in [2.24, 2.45) is 5.73 Å². The summed E-state index contributed by atoms with van der Waals surface area (Å²) < 4.78 is 19.4. The first-order valence-corrected chi connectivity index (χ1v) is 6.81. The molecular weight excluding hydrogens is 279 g/mol. The van der Waals surface area contributed by atoms with E-state index in [9.17, 15) is 4.39 Å². The monoisotopic (exact) mass is 294 g/mol. The minimum Gasteiger partial charge on any atom is -0.436 e. The third-order valence-electron chi connectivity index (χ3n) is 2.98. The Kier molecular flexibility index (Phi) is 4.93. The largest absolute Gasteiger partial charge is 0.436 e. The van der Waals surface area contributed by atoms with Crippen LogP contribution in [0.5, 0.6) is 11.6 Å². The van der Waals surface area contributed by atoms with E-state index in [2.05, 4.69) is 4.98 Å². The molecule has 0 fully saturated rings. The SMILES string of the molecule is CCC(N)Cc1cccnc1Oc1cccc(Cl)c1F. The predicted molar refractivity (Wildman–Crippen MR) is 77.7 cm³/mol. The lowest BCUT2D eigenvalue weighted by atomic mass is 10.1. The molecule has 0 aliphatic carbocycles. The zero-order valence-electron chi connectivity index (χ0n) is 11.1. The van der Waals surface area contributed by atoms with Gasteiger partial charge in [0.05, 0.1) is 5.02 Å². The molecule has 0 spiro atoms. The van der Waals surface area contributed by atoms with E-state index in [1.165, 1.54) is 12.1 Å². The molecule has 1 aromatic carbocycles. The molecule has 0 amide bonds. The van der Waals surface area contributed by atoms with Crippen molar-refractivity contribution in [3.63, 3.8) is 0 Å². The Balaban J connectivity index is 2.27. The van der Waals surface area contributed by atoms with Gasteiger partial charge in [0.1, 0.15) is 0 Å². The van der Waals surface area contributed by atoms with Gasteiger partial charge in [-0.2, -0.15) is 0 Å². The summed E-state index contributed by atoms with van der Waals surface area (Å²) in [5.74, 6) is -0.175. The third-order valence-corrected chi connectivity index (χ3v) is 3.27. The highest BCUT2D eigenvalue weighted by Crippen LogP contribution is 2.29. The molecule has 106 valence electrons. The second-order valence-electron chi connectivity index (χ2n) is 4.49. The molecule has 0 saturated heterocycles. The third kappa shape index (κ3) is 3.46. The summed E-state index contributed by atoms with van der Waals surface area (Å²) in [5.41, 5.74) is 6.79. The highest BCUT2D eigenvalue weighted by atomic mass is 35.5. The van der Waals surface area contributed by atoms with Crippen LogP contribution in [0.4, 0.5) is 4.39 Å². The second kappa shape index (κ2) is 6.68. The van der Waals surface area contributed by atoms with Crippen molar-refractivity contribution in [3.05, 3.63) is 52.9 Å². The Morgan fingerprint density at radius 1 is 1.35 bits per heavy atom. The van der Waals surface area contributed by atoms with Crippen LogP contribution in [0.15, 0.2) is 36.5 Å². The standard InChI is InChI=1S/C15H16ClFN2O/c1-2-11(18)9-10-5-4-8-19-15(10)20-13-7-3-6-12(16)14(13)17/h3-8,11H,2,9,18H2,1H3. The van der Waals surface area contributed by atoms with Crippen LogP contribution in [0.1, 0.15) is 18.9 Å². The fourth-order valence-corrected chi connectivity index (χ4v) is 1.93. The summed E-state index contributed by atoms with van der Waals surface area (Å²) in [6.45, 7) is 2.01. The second-order valence-corrected chi connectivity index (χ2v) is 4.90. The average Bonchev–Trinajstić information content (AvgIpc) is 2.45. The Morgan fingerprint density at radius 3 is 2.90 bits per heavy atom. The topological polar surface area (TPSA) is 48.1 Å². The molecule has 1 heterocycles. The van der Waals surface area contributed by atoms with Crippen LogP contribution in [0.3, 0.4) is 0 Å². The molecule has 5 heteroatoms. The van der Waals surface area contributed by atoms with E-state index < -0.39 is 5.82 Å². The van der Waals surface area contributed by atoms with E-state index in [4.69, 9.17) is 22.1 Å². The zero-order chi connectivity index (χ0) is 14.5. The fraction of sp³-hybridized carbons (Fsp3) is 0.267. The van der Waals surface area contributed by atoms with Gasteiger partial charge in [0, 0.05) is 17.8 Å². The first-order valence-electron chi connectivity index (χ1n) is 6.43. The number of nitrogens with zero attached hydrogens (tertiary/aromatic N) is 1. The lowest BCUT2D eigenvalue weighted by Crippen LogP contribution is -2.21. The van der Waals surface area contributed by atoms with Gasteiger partial charge in [0.15, 0.2) is 11.6 Å². The highest BCUT2D eigenvalue weighted by Gasteiger charge is 2.13. The number of pyridine rings is 1. The number of hydrogen-bond donors (Lipinski definition) is 1. The molecule has 1 unspecified atom stereocenters. The average molecular weight is 295 g/mol. The van der Waals surface area contributed by atoms with Crippen LogP contribution in [0.25, 0.3) is 0 Å². The van der Waals surface area contributed by atoms with E-state index in [0.717, 1.165) is 12.0 Å². The van der Waals surface area contributed by atoms with Crippen LogP contribution in [0, 0.1) is 5.82 Å². The van der Waals surface area contributed by atoms with Crippen LogP contribution >= 0.6 is 11.6 Å². The van der Waals surface area contributed by atoms with Crippen molar-refractivity contribution < 1.29 is 9.13 Å². The summed E-state index contributed by atoms with van der Waals surface area (Å²) >= 11 is 5.73. The van der Waals surface area contributed by atoms with Crippen molar-refractivity contribution in [3.8, 4) is 11.6 Å². The van der Waals surface area contributed by atoms with Crippen molar-refractivity contribution >= 4 is 11.6 Å². The van der Waals surface area contributed by atoms with E-state index in [0.29, 0.717) is 12.3 Å². The molecule has 2 aromatic rings. The Bertz CT molecular complexity index is 592. The van der Waals surface area contributed by atoms with Gasteiger partial charge in [-0.05, 0) is 31.0 Å². The van der Waals surface area contributed by atoms with E-state index in [1.54, 1.807) is 18.3 Å². The molecule has 0 bridgehead atoms. The molecule has 0 aliphatic heterocycles. The number of rotatable bonds is 5. The number of ether oxygens (including phenoxy) is 1. The number of hydrogen-bond acceptors (Lipinski definition) is 3. The molecule has 3 nitrogen and oxygen atoms in total. The zero-order valence-corrected chi connectivity index (χ0v) is 11.9. The molecule has 2 N–H and O–H groups in total. The van der Waals surface area contributed by atoms with Crippen molar-refractivity contribution in [1.82, 2.24) is 4.98 Å². The van der Waals surface area contributed by atoms with Crippen LogP contribution < -0.4 is 10.5 Å². The highest BCUT2D eigenvalue weighted by molar-refractivity contribution is 6.30. The fourth-order valence-electron chi connectivity index (χ4n) is 1.77. The molecule has 1 atom stereocenters. The van der Waals surface area contributed by atoms with Gasteiger partial charge in [-0.15, -0.1) is 0 Å². The Hall–Kier alpha value is -1.65. The smallest absolute Gasteiger partial charge is 0.222 e. The number of nitrogens with two attached hydrogens (primary N) is 1. The normalized spacial score (nSPS) is 12.2. The van der Waals surface area contributed by atoms with Gasteiger partial charge in [0.25, 0.3) is 0 Å². The number of aromatic nitrogens is 1. The van der Waals surface area contributed by atoms with Crippen molar-refractivity contribution in [2.45, 2.75) is 25.8 Å². The van der Waals surface area contributed by atoms with Gasteiger partial charge in [0.2, 0.25) is 5.88 Å². The molecule has 20 heavy (non-hydrogen) atoms. The maximum atomic E-state index is 13.8. The summed E-state index contributed by atoms with van der Waals surface area (Å²) in [4.78, 5) is 4.14. The molecule has 0 saturated carbocycles. The summed E-state index contributed by atoms with van der Waals surface area (Å²) in [6.07, 6.45) is 3.07. The van der Waals surface area contributed by atoms with Crippen molar-refractivity contribution in [1.29, 1.82) is 0 Å². The summed E-state index contributed by atoms with van der Waals surface area (Å²) in [7, 11) is 0. The minimum absolute atomic E-state index is 0.0187. The first-order chi connectivity index (χ1) is 9.61. The van der Waals surface area contributed by atoms with Gasteiger partial charge in [-0.3, -0.25) is 0 Å². The quantitative estimate of drug-likeness (QED) is 0.908. The molecule has 2 rings (SSSR count). The lowest BCUT2D eigenvalue weighted by molar-refractivity contribution is 0.420. The van der Waals surface area contributed by atoms with E-state index >= 15 is 0 Å². The molecule has 1 aromatic heterocycles. The van der Waals surface area contributed by atoms with E-state index in [1.807, 2.05) is 13.0 Å². The predicted octanol–water partition coefficient (Wildman–Crippen LogP) is 3.95. The Morgan fingerprint density at radius 2 is 2.15 bits per heavy atom. The maximum Gasteiger partial charge on any atom is 0.222 e. The Labute approximate surface area is 122 Å².